The Morgan fingerprint density at radius 1 is 1.09 bits per heavy atom. The Morgan fingerprint density at radius 2 is 1.79 bits per heavy atom. The van der Waals surface area contributed by atoms with Crippen LogP contribution in [0.3, 0.4) is 0 Å². The van der Waals surface area contributed by atoms with Crippen molar-refractivity contribution in [1.29, 1.82) is 5.26 Å². The number of amides is 1. The highest BCUT2D eigenvalue weighted by molar-refractivity contribution is 7.92. The summed E-state index contributed by atoms with van der Waals surface area (Å²) in [6, 6.07) is 15.6. The van der Waals surface area contributed by atoms with Crippen LogP contribution in [-0.4, -0.2) is 27.0 Å². The number of rotatable bonds is 5. The van der Waals surface area contributed by atoms with Crippen molar-refractivity contribution in [1.82, 2.24) is 4.72 Å². The average Bonchev–Trinajstić information content (AvgIpc) is 3.14. The molecule has 1 N–H and O–H groups in total. The number of nitriles is 1. The maximum absolute atomic E-state index is 12.0. The van der Waals surface area contributed by atoms with Gasteiger partial charge in [0, 0.05) is 6.42 Å². The molecule has 0 saturated carbocycles. The molecule has 1 atom stereocenters. The van der Waals surface area contributed by atoms with E-state index in [9.17, 15) is 13.2 Å². The SMILES string of the molecule is C=C1CC[C@@H](Oc2ccc(N3CC(=O)NS3(=O)=O)cc2)C/C=C\C=C1Oc1ccc(C#N)cc1. The molecule has 0 aromatic heterocycles. The van der Waals surface area contributed by atoms with Crippen molar-refractivity contribution in [3.8, 4) is 17.6 Å². The van der Waals surface area contributed by atoms with Gasteiger partial charge in [0.25, 0.3) is 5.91 Å². The first-order chi connectivity index (χ1) is 16.3. The molecule has 1 amide bonds. The minimum atomic E-state index is -3.84. The lowest BCUT2D eigenvalue weighted by molar-refractivity contribution is -0.117. The third-order valence-corrected chi connectivity index (χ3v) is 6.76. The van der Waals surface area contributed by atoms with E-state index in [-0.39, 0.29) is 12.6 Å². The number of hydrogen-bond acceptors (Lipinski definition) is 6. The zero-order valence-electron chi connectivity index (χ0n) is 18.3. The highest BCUT2D eigenvalue weighted by atomic mass is 32.2. The third kappa shape index (κ3) is 5.47. The summed E-state index contributed by atoms with van der Waals surface area (Å²) >= 11 is 0. The fourth-order valence-electron chi connectivity index (χ4n) is 3.58. The van der Waals surface area contributed by atoms with E-state index in [1.807, 2.05) is 23.0 Å². The van der Waals surface area contributed by atoms with Gasteiger partial charge in [0.2, 0.25) is 0 Å². The average molecular weight is 478 g/mol. The lowest BCUT2D eigenvalue weighted by Crippen LogP contribution is -2.29. The third-order valence-electron chi connectivity index (χ3n) is 5.36. The summed E-state index contributed by atoms with van der Waals surface area (Å²) in [6.45, 7) is 3.92. The number of anilines is 1. The Kier molecular flexibility index (Phi) is 6.70. The number of carbonyl (C=O) groups excluding carboxylic acids is 1. The number of nitrogens with zero attached hydrogens (tertiary/aromatic N) is 2. The molecule has 9 heteroatoms. The molecule has 0 unspecified atom stereocenters. The summed E-state index contributed by atoms with van der Waals surface area (Å²) in [6.07, 6.45) is 7.69. The quantitative estimate of drug-likeness (QED) is 0.703. The summed E-state index contributed by atoms with van der Waals surface area (Å²) in [4.78, 5) is 11.4. The maximum Gasteiger partial charge on any atom is 0.326 e. The van der Waals surface area contributed by atoms with Gasteiger partial charge in [-0.1, -0.05) is 18.7 Å². The van der Waals surface area contributed by atoms with Crippen LogP contribution in [0.4, 0.5) is 5.69 Å². The van der Waals surface area contributed by atoms with Gasteiger partial charge in [-0.2, -0.15) is 13.7 Å². The lowest BCUT2D eigenvalue weighted by Gasteiger charge is -2.20. The summed E-state index contributed by atoms with van der Waals surface area (Å²) in [5.41, 5.74) is 1.79. The van der Waals surface area contributed by atoms with Gasteiger partial charge in [0.1, 0.15) is 29.9 Å². The van der Waals surface area contributed by atoms with Crippen molar-refractivity contribution in [3.05, 3.63) is 90.2 Å². The van der Waals surface area contributed by atoms with Crippen molar-refractivity contribution < 1.29 is 22.7 Å². The van der Waals surface area contributed by atoms with Gasteiger partial charge in [-0.3, -0.25) is 4.79 Å². The van der Waals surface area contributed by atoms with E-state index < -0.39 is 16.1 Å². The number of nitrogens with one attached hydrogen (secondary N) is 1. The topological polar surface area (TPSA) is 109 Å². The van der Waals surface area contributed by atoms with Crippen LogP contribution in [0.25, 0.3) is 0 Å². The second-order valence-corrected chi connectivity index (χ2v) is 9.44. The molecule has 1 aliphatic carbocycles. The molecule has 0 radical (unpaired) electrons. The molecule has 0 spiro atoms. The zero-order valence-corrected chi connectivity index (χ0v) is 19.1. The van der Waals surface area contributed by atoms with E-state index in [4.69, 9.17) is 14.7 Å². The molecule has 1 heterocycles. The first kappa shape index (κ1) is 23.1. The van der Waals surface area contributed by atoms with Crippen LogP contribution >= 0.6 is 0 Å². The summed E-state index contributed by atoms with van der Waals surface area (Å²) in [5.74, 6) is 1.32. The zero-order chi connectivity index (χ0) is 24.1. The van der Waals surface area contributed by atoms with Crippen molar-refractivity contribution in [2.75, 3.05) is 10.8 Å². The van der Waals surface area contributed by atoms with Gasteiger partial charge in [0.15, 0.2) is 0 Å². The Hall–Kier alpha value is -4.03. The van der Waals surface area contributed by atoms with E-state index in [0.717, 1.165) is 9.88 Å². The molecule has 1 fully saturated rings. The summed E-state index contributed by atoms with van der Waals surface area (Å²) < 4.78 is 39.1. The number of allylic oxidation sites excluding steroid dienone is 3. The normalized spacial score (nSPS) is 20.7. The molecule has 2 aromatic rings. The second kappa shape index (κ2) is 9.85. The van der Waals surface area contributed by atoms with Crippen LogP contribution in [0.15, 0.2) is 84.7 Å². The van der Waals surface area contributed by atoms with E-state index in [0.29, 0.717) is 47.8 Å². The van der Waals surface area contributed by atoms with Gasteiger partial charge in [0.05, 0.1) is 17.3 Å². The van der Waals surface area contributed by atoms with Gasteiger partial charge < -0.3 is 9.47 Å². The second-order valence-electron chi connectivity index (χ2n) is 7.85. The number of ether oxygens (including phenoxy) is 2. The van der Waals surface area contributed by atoms with E-state index in [1.165, 1.54) is 0 Å². The predicted octanol–water partition coefficient (Wildman–Crippen LogP) is 3.75. The van der Waals surface area contributed by atoms with Gasteiger partial charge in [-0.05, 0) is 73.0 Å². The molecule has 2 aliphatic rings. The predicted molar refractivity (Wildman–Crippen MR) is 127 cm³/mol. The van der Waals surface area contributed by atoms with Crippen molar-refractivity contribution in [3.63, 3.8) is 0 Å². The Labute approximate surface area is 198 Å². The van der Waals surface area contributed by atoms with Gasteiger partial charge in [-0.25, -0.2) is 9.03 Å². The highest BCUT2D eigenvalue weighted by Crippen LogP contribution is 2.27. The van der Waals surface area contributed by atoms with Gasteiger partial charge >= 0.3 is 10.2 Å². The number of benzene rings is 2. The largest absolute Gasteiger partial charge is 0.490 e. The molecule has 0 bridgehead atoms. The minimum absolute atomic E-state index is 0.111. The molecule has 1 saturated heterocycles. The Morgan fingerprint density at radius 3 is 2.44 bits per heavy atom. The van der Waals surface area contributed by atoms with E-state index in [1.54, 1.807) is 48.5 Å². The monoisotopic (exact) mass is 477 g/mol. The Balaban J connectivity index is 1.37. The number of carbonyl (C=O) groups is 1. The first-order valence-electron chi connectivity index (χ1n) is 10.7. The Bertz CT molecular complexity index is 1290. The van der Waals surface area contributed by atoms with Crippen LogP contribution < -0.4 is 18.5 Å². The van der Waals surface area contributed by atoms with Gasteiger partial charge in [-0.15, -0.1) is 0 Å². The van der Waals surface area contributed by atoms with E-state index in [2.05, 4.69) is 12.6 Å². The molecule has 8 nitrogen and oxygen atoms in total. The van der Waals surface area contributed by atoms with Crippen LogP contribution in [-0.2, 0) is 15.0 Å². The van der Waals surface area contributed by atoms with Crippen LogP contribution in [0.1, 0.15) is 24.8 Å². The highest BCUT2D eigenvalue weighted by Gasteiger charge is 2.33. The molecular weight excluding hydrogens is 454 g/mol. The van der Waals surface area contributed by atoms with Crippen LogP contribution in [0.5, 0.6) is 11.5 Å². The standard InChI is InChI=1S/C25H23N3O5S/c1-18-6-11-21(4-2-3-5-24(18)33-23-12-7-19(16-26)8-13-23)32-22-14-9-20(10-15-22)28-17-25(29)27-34(28,30)31/h2-3,5,7-10,12-15,21H,1,4,6,11,17H2,(H,27,29)/b3-2-,24-5?/t21-/m0/s1. The molecule has 174 valence electrons. The van der Waals surface area contributed by atoms with Crippen molar-refractivity contribution in [2.45, 2.75) is 25.4 Å². The maximum atomic E-state index is 12.0. The summed E-state index contributed by atoms with van der Waals surface area (Å²) in [5, 5.41) is 8.94. The van der Waals surface area contributed by atoms with Crippen molar-refractivity contribution in [2.24, 2.45) is 0 Å². The first-order valence-corrected chi connectivity index (χ1v) is 12.1. The molecule has 1 aliphatic heterocycles. The summed E-state index contributed by atoms with van der Waals surface area (Å²) in [7, 11) is -3.84. The fourth-order valence-corrected chi connectivity index (χ4v) is 4.73. The fraction of sp³-hybridized carbons (Fsp3) is 0.200. The smallest absolute Gasteiger partial charge is 0.326 e. The molecular formula is C25H23N3O5S. The minimum Gasteiger partial charge on any atom is -0.490 e. The van der Waals surface area contributed by atoms with E-state index >= 15 is 0 Å². The number of hydrogen-bond donors (Lipinski definition) is 1. The molecule has 34 heavy (non-hydrogen) atoms. The lowest BCUT2D eigenvalue weighted by atomic mass is 10.1. The molecule has 2 aromatic carbocycles. The van der Waals surface area contributed by atoms with Crippen LogP contribution in [0.2, 0.25) is 0 Å². The van der Waals surface area contributed by atoms with Crippen LogP contribution in [0, 0.1) is 11.3 Å². The van der Waals surface area contributed by atoms with Crippen molar-refractivity contribution >= 4 is 21.8 Å². The molecule has 4 rings (SSSR count).